The molecule has 0 atom stereocenters. The van der Waals surface area contributed by atoms with Crippen LogP contribution in [0.5, 0.6) is 5.75 Å². The van der Waals surface area contributed by atoms with Crippen LogP contribution in [0.1, 0.15) is 6.92 Å². The van der Waals surface area contributed by atoms with Gasteiger partial charge in [-0.25, -0.2) is 0 Å². The number of rotatable bonds is 5. The van der Waals surface area contributed by atoms with Crippen LogP contribution in [0.25, 0.3) is 0 Å². The van der Waals surface area contributed by atoms with E-state index >= 15 is 0 Å². The molecule has 3 nitrogen and oxygen atoms in total. The largest absolute Gasteiger partial charge is 0.488 e. The molecule has 0 aliphatic rings. The van der Waals surface area contributed by atoms with Crippen LogP contribution < -0.4 is 10.5 Å². The third kappa shape index (κ3) is 3.78. The maximum Gasteiger partial charge on any atom is 0.156 e. The van der Waals surface area contributed by atoms with Gasteiger partial charge in [-0.05, 0) is 19.1 Å². The van der Waals surface area contributed by atoms with Crippen molar-refractivity contribution in [3.63, 3.8) is 0 Å². The Hall–Kier alpha value is -0.640. The molecule has 0 fully saturated rings. The van der Waals surface area contributed by atoms with Crippen molar-refractivity contribution in [1.82, 2.24) is 0 Å². The van der Waals surface area contributed by atoms with Gasteiger partial charge in [0.05, 0.1) is 16.7 Å². The van der Waals surface area contributed by atoms with Gasteiger partial charge >= 0.3 is 0 Å². The van der Waals surface area contributed by atoms with Gasteiger partial charge < -0.3 is 15.2 Å². The average molecular weight is 250 g/mol. The lowest BCUT2D eigenvalue weighted by molar-refractivity contribution is 0.110. The molecular formula is C10H13Cl2NO2. The summed E-state index contributed by atoms with van der Waals surface area (Å²) < 4.78 is 10.5. The fraction of sp³-hybridized carbons (Fsp3) is 0.400. The predicted molar refractivity (Wildman–Crippen MR) is 62.9 cm³/mol. The highest BCUT2D eigenvalue weighted by Crippen LogP contribution is 2.34. The first-order valence-corrected chi connectivity index (χ1v) is 5.35. The zero-order valence-electron chi connectivity index (χ0n) is 8.43. The molecule has 2 N–H and O–H groups in total. The molecule has 15 heavy (non-hydrogen) atoms. The molecule has 0 aromatic heterocycles. The third-order valence-electron chi connectivity index (χ3n) is 1.70. The van der Waals surface area contributed by atoms with Gasteiger partial charge in [0.2, 0.25) is 0 Å². The molecule has 0 amide bonds. The van der Waals surface area contributed by atoms with Crippen molar-refractivity contribution < 1.29 is 9.47 Å². The Morgan fingerprint density at radius 2 is 1.80 bits per heavy atom. The SMILES string of the molecule is CCOCCOc1c(Cl)cc(N)cc1Cl. The maximum absolute atomic E-state index is 5.92. The lowest BCUT2D eigenvalue weighted by atomic mass is 10.3. The molecule has 0 aliphatic heterocycles. The van der Waals surface area contributed by atoms with Crippen molar-refractivity contribution in [2.75, 3.05) is 25.6 Å². The minimum absolute atomic E-state index is 0.413. The highest BCUT2D eigenvalue weighted by Gasteiger charge is 2.08. The first-order chi connectivity index (χ1) is 7.15. The summed E-state index contributed by atoms with van der Waals surface area (Å²) in [7, 11) is 0. The van der Waals surface area contributed by atoms with Gasteiger partial charge in [0.15, 0.2) is 5.75 Å². The monoisotopic (exact) mass is 249 g/mol. The zero-order chi connectivity index (χ0) is 11.3. The van der Waals surface area contributed by atoms with E-state index in [9.17, 15) is 0 Å². The molecule has 0 bridgehead atoms. The van der Waals surface area contributed by atoms with Crippen LogP contribution in [0, 0.1) is 0 Å². The van der Waals surface area contributed by atoms with E-state index in [1.165, 1.54) is 0 Å². The van der Waals surface area contributed by atoms with Crippen LogP contribution in [-0.4, -0.2) is 19.8 Å². The molecular weight excluding hydrogens is 237 g/mol. The van der Waals surface area contributed by atoms with Crippen LogP contribution in [0.15, 0.2) is 12.1 Å². The van der Waals surface area contributed by atoms with Gasteiger partial charge in [-0.2, -0.15) is 0 Å². The molecule has 0 heterocycles. The van der Waals surface area contributed by atoms with Crippen LogP contribution >= 0.6 is 23.2 Å². The summed E-state index contributed by atoms with van der Waals surface area (Å²) in [4.78, 5) is 0. The molecule has 0 radical (unpaired) electrons. The predicted octanol–water partition coefficient (Wildman–Crippen LogP) is 2.99. The Bertz CT molecular complexity index is 308. The van der Waals surface area contributed by atoms with E-state index in [1.54, 1.807) is 12.1 Å². The molecule has 0 spiro atoms. The second-order valence-corrected chi connectivity index (χ2v) is 3.67. The third-order valence-corrected chi connectivity index (χ3v) is 2.26. The molecule has 1 rings (SSSR count). The smallest absolute Gasteiger partial charge is 0.156 e. The van der Waals surface area contributed by atoms with E-state index in [4.69, 9.17) is 38.4 Å². The van der Waals surface area contributed by atoms with E-state index in [0.29, 0.717) is 41.3 Å². The summed E-state index contributed by atoms with van der Waals surface area (Å²) in [5.41, 5.74) is 6.07. The normalized spacial score (nSPS) is 10.3. The Kier molecular flexibility index (Phi) is 5.02. The standard InChI is InChI=1S/C10H13Cl2NO2/c1-2-14-3-4-15-10-8(11)5-7(13)6-9(10)12/h5-6H,2-4,13H2,1H3. The topological polar surface area (TPSA) is 44.5 Å². The number of anilines is 1. The Labute approximate surface area is 99.1 Å². The van der Waals surface area contributed by atoms with Crippen molar-refractivity contribution in [2.45, 2.75) is 6.92 Å². The Morgan fingerprint density at radius 3 is 2.33 bits per heavy atom. The van der Waals surface area contributed by atoms with Gasteiger partial charge in [0, 0.05) is 12.3 Å². The molecule has 0 unspecified atom stereocenters. The van der Waals surface area contributed by atoms with E-state index in [2.05, 4.69) is 0 Å². The average Bonchev–Trinajstić information content (AvgIpc) is 2.15. The van der Waals surface area contributed by atoms with Crippen molar-refractivity contribution in [2.24, 2.45) is 0 Å². The van der Waals surface area contributed by atoms with Crippen LogP contribution in [-0.2, 0) is 4.74 Å². The number of halogens is 2. The molecule has 0 saturated carbocycles. The molecule has 0 aliphatic carbocycles. The van der Waals surface area contributed by atoms with Gasteiger partial charge in [0.25, 0.3) is 0 Å². The molecule has 1 aromatic rings. The highest BCUT2D eigenvalue weighted by atomic mass is 35.5. The summed E-state index contributed by atoms with van der Waals surface area (Å²) in [5, 5.41) is 0.827. The fourth-order valence-electron chi connectivity index (χ4n) is 1.06. The minimum Gasteiger partial charge on any atom is -0.488 e. The lowest BCUT2D eigenvalue weighted by Gasteiger charge is -2.10. The van der Waals surface area contributed by atoms with E-state index in [-0.39, 0.29) is 0 Å². The number of hydrogen-bond donors (Lipinski definition) is 1. The number of nitrogens with two attached hydrogens (primary N) is 1. The molecule has 84 valence electrons. The van der Waals surface area contributed by atoms with E-state index in [1.807, 2.05) is 6.92 Å². The van der Waals surface area contributed by atoms with Crippen molar-refractivity contribution in [1.29, 1.82) is 0 Å². The van der Waals surface area contributed by atoms with Crippen molar-refractivity contribution >= 4 is 28.9 Å². The van der Waals surface area contributed by atoms with Gasteiger partial charge in [-0.15, -0.1) is 0 Å². The molecule has 5 heteroatoms. The summed E-state index contributed by atoms with van der Waals surface area (Å²) in [5.74, 6) is 0.451. The fourth-order valence-corrected chi connectivity index (χ4v) is 1.68. The van der Waals surface area contributed by atoms with E-state index in [0.717, 1.165) is 0 Å². The van der Waals surface area contributed by atoms with Crippen molar-refractivity contribution in [3.8, 4) is 5.75 Å². The summed E-state index contributed by atoms with van der Waals surface area (Å²) in [6, 6.07) is 3.20. The van der Waals surface area contributed by atoms with Gasteiger partial charge in [-0.1, -0.05) is 23.2 Å². The lowest BCUT2D eigenvalue weighted by Crippen LogP contribution is -2.07. The first-order valence-electron chi connectivity index (χ1n) is 4.60. The number of hydrogen-bond acceptors (Lipinski definition) is 3. The molecule has 1 aromatic carbocycles. The van der Waals surface area contributed by atoms with E-state index < -0.39 is 0 Å². The number of benzene rings is 1. The van der Waals surface area contributed by atoms with Crippen LogP contribution in [0.4, 0.5) is 5.69 Å². The highest BCUT2D eigenvalue weighted by molar-refractivity contribution is 6.37. The second-order valence-electron chi connectivity index (χ2n) is 2.86. The van der Waals surface area contributed by atoms with Crippen LogP contribution in [0.3, 0.4) is 0 Å². The molecule has 0 saturated heterocycles. The number of nitrogen functional groups attached to an aromatic ring is 1. The van der Waals surface area contributed by atoms with Gasteiger partial charge in [0.1, 0.15) is 6.61 Å². The Morgan fingerprint density at radius 1 is 1.20 bits per heavy atom. The minimum atomic E-state index is 0.413. The zero-order valence-corrected chi connectivity index (χ0v) is 9.94. The second kappa shape index (κ2) is 6.05. The van der Waals surface area contributed by atoms with Crippen molar-refractivity contribution in [3.05, 3.63) is 22.2 Å². The maximum atomic E-state index is 5.92. The Balaban J connectivity index is 2.60. The van der Waals surface area contributed by atoms with Crippen LogP contribution in [0.2, 0.25) is 10.0 Å². The van der Waals surface area contributed by atoms with Gasteiger partial charge in [-0.3, -0.25) is 0 Å². The number of ether oxygens (including phenoxy) is 2. The quantitative estimate of drug-likeness (QED) is 0.645. The summed E-state index contributed by atoms with van der Waals surface area (Å²) >= 11 is 11.8. The summed E-state index contributed by atoms with van der Waals surface area (Å²) in [6.07, 6.45) is 0. The first kappa shape index (κ1) is 12.4. The summed E-state index contributed by atoms with van der Waals surface area (Å²) in [6.45, 7) is 3.50.